The lowest BCUT2D eigenvalue weighted by molar-refractivity contribution is -0.139. The van der Waals surface area contributed by atoms with Crippen LogP contribution in [0.2, 0.25) is 0 Å². The molecular weight excluding hydrogens is 242 g/mol. The summed E-state index contributed by atoms with van der Waals surface area (Å²) in [6.07, 6.45) is 3.49. The van der Waals surface area contributed by atoms with E-state index in [1.165, 1.54) is 5.56 Å². The van der Waals surface area contributed by atoms with Crippen LogP contribution in [-0.2, 0) is 4.79 Å². The van der Waals surface area contributed by atoms with Gasteiger partial charge in [-0.05, 0) is 46.2 Å². The van der Waals surface area contributed by atoms with Crippen LogP contribution in [0, 0.1) is 13.8 Å². The van der Waals surface area contributed by atoms with Crippen LogP contribution in [0.5, 0.6) is 0 Å². The van der Waals surface area contributed by atoms with E-state index in [1.807, 2.05) is 13.8 Å². The number of likely N-dealkylation sites (tertiary alicyclic amines) is 1. The quantitative estimate of drug-likeness (QED) is 0.907. The number of rotatable bonds is 4. The number of carbonyl (C=O) groups is 1. The van der Waals surface area contributed by atoms with E-state index in [2.05, 4.69) is 17.9 Å². The summed E-state index contributed by atoms with van der Waals surface area (Å²) in [5.41, 5.74) is 1.19. The minimum Gasteiger partial charge on any atom is -0.481 e. The third kappa shape index (κ3) is 3.18. The van der Waals surface area contributed by atoms with Crippen LogP contribution in [0.1, 0.15) is 55.7 Å². The first-order chi connectivity index (χ1) is 8.99. The Morgan fingerprint density at radius 2 is 2.26 bits per heavy atom. The van der Waals surface area contributed by atoms with Gasteiger partial charge in [-0.25, -0.2) is 0 Å². The number of carboxylic acids is 1. The van der Waals surface area contributed by atoms with Gasteiger partial charge in [0.05, 0.1) is 6.42 Å². The normalized spacial score (nSPS) is 22.4. The summed E-state index contributed by atoms with van der Waals surface area (Å²) in [4.78, 5) is 13.3. The van der Waals surface area contributed by atoms with E-state index in [9.17, 15) is 4.79 Å². The van der Waals surface area contributed by atoms with Crippen LogP contribution >= 0.6 is 0 Å². The van der Waals surface area contributed by atoms with Gasteiger partial charge in [0, 0.05) is 17.6 Å². The van der Waals surface area contributed by atoms with Gasteiger partial charge in [-0.3, -0.25) is 9.69 Å². The third-order valence-electron chi connectivity index (χ3n) is 4.11. The lowest BCUT2D eigenvalue weighted by Crippen LogP contribution is -2.42. The number of hydrogen-bond donors (Lipinski definition) is 1. The highest BCUT2D eigenvalue weighted by atomic mass is 16.4. The van der Waals surface area contributed by atoms with Crippen molar-refractivity contribution >= 4 is 5.97 Å². The maximum atomic E-state index is 11.0. The molecule has 2 unspecified atom stereocenters. The summed E-state index contributed by atoms with van der Waals surface area (Å²) in [5, 5.41) is 9.05. The number of aliphatic carboxylic acids is 1. The van der Waals surface area contributed by atoms with E-state index in [1.54, 1.807) is 0 Å². The SMILES string of the molecule is Cc1cc(C(C)N2CCCCC2CC(=O)O)c(C)o1. The molecule has 1 saturated heterocycles. The molecule has 0 bridgehead atoms. The first kappa shape index (κ1) is 14.1. The maximum Gasteiger partial charge on any atom is 0.304 e. The van der Waals surface area contributed by atoms with Gasteiger partial charge in [0.2, 0.25) is 0 Å². The molecule has 106 valence electrons. The lowest BCUT2D eigenvalue weighted by Gasteiger charge is -2.39. The average molecular weight is 265 g/mol. The predicted octanol–water partition coefficient (Wildman–Crippen LogP) is 3.29. The Morgan fingerprint density at radius 3 is 2.84 bits per heavy atom. The molecule has 0 aliphatic carbocycles. The van der Waals surface area contributed by atoms with Crippen LogP contribution in [0.3, 0.4) is 0 Å². The van der Waals surface area contributed by atoms with Crippen LogP contribution in [0.25, 0.3) is 0 Å². The monoisotopic (exact) mass is 265 g/mol. The molecule has 0 amide bonds. The Bertz CT molecular complexity index is 452. The average Bonchev–Trinajstić information content (AvgIpc) is 2.67. The largest absolute Gasteiger partial charge is 0.481 e. The minimum absolute atomic E-state index is 0.149. The number of nitrogens with zero attached hydrogens (tertiary/aromatic N) is 1. The number of aryl methyl sites for hydroxylation is 2. The summed E-state index contributed by atoms with van der Waals surface area (Å²) in [7, 11) is 0. The molecule has 1 N–H and O–H groups in total. The van der Waals surface area contributed by atoms with Gasteiger partial charge in [-0.1, -0.05) is 6.42 Å². The van der Waals surface area contributed by atoms with Gasteiger partial charge in [-0.15, -0.1) is 0 Å². The molecule has 2 atom stereocenters. The second-order valence-corrected chi connectivity index (χ2v) is 5.53. The molecule has 1 aliphatic rings. The zero-order chi connectivity index (χ0) is 14.0. The molecule has 0 radical (unpaired) electrons. The molecule has 4 nitrogen and oxygen atoms in total. The van der Waals surface area contributed by atoms with E-state index in [-0.39, 0.29) is 18.5 Å². The Hall–Kier alpha value is -1.29. The van der Waals surface area contributed by atoms with E-state index >= 15 is 0 Å². The molecule has 2 heterocycles. The smallest absolute Gasteiger partial charge is 0.304 e. The third-order valence-corrected chi connectivity index (χ3v) is 4.11. The minimum atomic E-state index is -0.704. The fourth-order valence-electron chi connectivity index (χ4n) is 3.20. The predicted molar refractivity (Wildman–Crippen MR) is 73.2 cm³/mol. The molecule has 2 rings (SSSR count). The van der Waals surface area contributed by atoms with Gasteiger partial charge in [-0.2, -0.15) is 0 Å². The van der Waals surface area contributed by atoms with Crippen molar-refractivity contribution in [3.63, 3.8) is 0 Å². The topological polar surface area (TPSA) is 53.7 Å². The fourth-order valence-corrected chi connectivity index (χ4v) is 3.20. The highest BCUT2D eigenvalue weighted by Crippen LogP contribution is 2.32. The van der Waals surface area contributed by atoms with Gasteiger partial charge in [0.1, 0.15) is 11.5 Å². The van der Waals surface area contributed by atoms with Crippen molar-refractivity contribution in [2.45, 2.75) is 58.5 Å². The second kappa shape index (κ2) is 5.78. The van der Waals surface area contributed by atoms with Crippen molar-refractivity contribution in [1.82, 2.24) is 4.90 Å². The van der Waals surface area contributed by atoms with Crippen molar-refractivity contribution in [1.29, 1.82) is 0 Å². The molecule has 1 aromatic heterocycles. The zero-order valence-electron chi connectivity index (χ0n) is 12.0. The summed E-state index contributed by atoms with van der Waals surface area (Å²) in [5.74, 6) is 1.17. The summed E-state index contributed by atoms with van der Waals surface area (Å²) in [6.45, 7) is 7.06. The van der Waals surface area contributed by atoms with E-state index in [4.69, 9.17) is 9.52 Å². The van der Waals surface area contributed by atoms with Crippen molar-refractivity contribution in [3.8, 4) is 0 Å². The van der Waals surface area contributed by atoms with Gasteiger partial charge in [0.25, 0.3) is 0 Å². The molecule has 1 aliphatic heterocycles. The highest BCUT2D eigenvalue weighted by molar-refractivity contribution is 5.67. The summed E-state index contributed by atoms with van der Waals surface area (Å²) >= 11 is 0. The van der Waals surface area contributed by atoms with E-state index < -0.39 is 5.97 Å². The molecule has 1 fully saturated rings. The molecule has 0 spiro atoms. The number of hydrogen-bond acceptors (Lipinski definition) is 3. The lowest BCUT2D eigenvalue weighted by atomic mass is 9.95. The van der Waals surface area contributed by atoms with Gasteiger partial charge >= 0.3 is 5.97 Å². The molecular formula is C15H23NO3. The van der Waals surface area contributed by atoms with Crippen molar-refractivity contribution in [2.24, 2.45) is 0 Å². The summed E-state index contributed by atoms with van der Waals surface area (Å²) < 4.78 is 5.60. The van der Waals surface area contributed by atoms with Crippen molar-refractivity contribution in [2.75, 3.05) is 6.54 Å². The summed E-state index contributed by atoms with van der Waals surface area (Å²) in [6, 6.07) is 2.45. The first-order valence-corrected chi connectivity index (χ1v) is 7.03. The molecule has 0 aromatic carbocycles. The molecule has 0 saturated carbocycles. The fraction of sp³-hybridized carbons (Fsp3) is 0.667. The Balaban J connectivity index is 2.17. The standard InChI is InChI=1S/C15H23NO3/c1-10-8-14(12(3)19-10)11(2)16-7-5-4-6-13(16)9-15(17)18/h8,11,13H,4-7,9H2,1-3H3,(H,17,18). The van der Waals surface area contributed by atoms with E-state index in [0.717, 1.165) is 37.3 Å². The van der Waals surface area contributed by atoms with Crippen LogP contribution in [0.15, 0.2) is 10.5 Å². The Labute approximate surface area is 114 Å². The number of furan rings is 1. The van der Waals surface area contributed by atoms with Crippen molar-refractivity contribution in [3.05, 3.63) is 23.2 Å². The molecule has 4 heteroatoms. The van der Waals surface area contributed by atoms with Gasteiger partial charge in [0.15, 0.2) is 0 Å². The second-order valence-electron chi connectivity index (χ2n) is 5.53. The van der Waals surface area contributed by atoms with Crippen molar-refractivity contribution < 1.29 is 14.3 Å². The molecule has 19 heavy (non-hydrogen) atoms. The zero-order valence-corrected chi connectivity index (χ0v) is 12.0. The molecule has 1 aromatic rings. The highest BCUT2D eigenvalue weighted by Gasteiger charge is 2.30. The number of piperidine rings is 1. The maximum absolute atomic E-state index is 11.0. The van der Waals surface area contributed by atoms with E-state index in [0.29, 0.717) is 0 Å². The Kier molecular flexibility index (Phi) is 4.30. The number of carboxylic acid groups (broad SMARTS) is 1. The van der Waals surface area contributed by atoms with Crippen LogP contribution < -0.4 is 0 Å². The Morgan fingerprint density at radius 1 is 1.53 bits per heavy atom. The first-order valence-electron chi connectivity index (χ1n) is 7.03. The van der Waals surface area contributed by atoms with Gasteiger partial charge < -0.3 is 9.52 Å². The van der Waals surface area contributed by atoms with Crippen LogP contribution in [0.4, 0.5) is 0 Å². The van der Waals surface area contributed by atoms with Crippen LogP contribution in [-0.4, -0.2) is 28.6 Å².